The van der Waals surface area contributed by atoms with Gasteiger partial charge in [-0.1, -0.05) is 139 Å². The molecule has 48 heavy (non-hydrogen) atoms. The molecule has 2 nitrogen and oxygen atoms in total. The van der Waals surface area contributed by atoms with Gasteiger partial charge in [-0.3, -0.25) is 0 Å². The quantitative estimate of drug-likeness (QED) is 0.175. The molecule has 0 radical (unpaired) electrons. The molecule has 0 saturated heterocycles. The van der Waals surface area contributed by atoms with Gasteiger partial charge < -0.3 is 9.13 Å². The fourth-order valence-corrected chi connectivity index (χ4v) is 6.23. The van der Waals surface area contributed by atoms with Crippen LogP contribution >= 0.6 is 0 Å². The summed E-state index contributed by atoms with van der Waals surface area (Å²) in [6.45, 7) is 0. The highest BCUT2D eigenvalue weighted by Gasteiger charge is 2.16. The van der Waals surface area contributed by atoms with Gasteiger partial charge in [-0.2, -0.15) is 0 Å². The summed E-state index contributed by atoms with van der Waals surface area (Å²) in [6.07, 6.45) is 0.0536. The van der Waals surface area contributed by atoms with Gasteiger partial charge in [0, 0.05) is 45.6 Å². The fraction of sp³-hybridized carbons (Fsp3) is 0. The molecule has 0 amide bonds. The average molecular weight is 621 g/mol. The highest BCUT2D eigenvalue weighted by molar-refractivity contribution is 6.01. The Labute approximate surface area is 291 Å². The number of benzene rings is 7. The van der Waals surface area contributed by atoms with Crippen LogP contribution in [0.2, 0.25) is 0 Å². The molecule has 9 aromatic rings. The highest BCUT2D eigenvalue weighted by Crippen LogP contribution is 2.38. The van der Waals surface area contributed by atoms with Crippen molar-refractivity contribution in [2.75, 3.05) is 0 Å². The molecular weight excluding hydrogens is 581 g/mol. The van der Waals surface area contributed by atoms with Crippen molar-refractivity contribution in [1.82, 2.24) is 9.13 Å². The van der Waals surface area contributed by atoms with Gasteiger partial charge in [-0.25, -0.2) is 0 Å². The molecule has 2 aromatic heterocycles. The maximum absolute atomic E-state index is 9.66. The molecule has 0 N–H and O–H groups in total. The van der Waals surface area contributed by atoms with Gasteiger partial charge in [0.25, 0.3) is 0 Å². The normalized spacial score (nSPS) is 13.7. The van der Waals surface area contributed by atoms with Crippen molar-refractivity contribution >= 4 is 21.8 Å². The molecule has 0 fully saturated rings. The Balaban J connectivity index is 1.36. The summed E-state index contributed by atoms with van der Waals surface area (Å²) in [5, 5.41) is 0.759. The van der Waals surface area contributed by atoms with Gasteiger partial charge >= 0.3 is 0 Å². The fourth-order valence-electron chi connectivity index (χ4n) is 6.23. The summed E-state index contributed by atoms with van der Waals surface area (Å²) in [4.78, 5) is 0. The Morgan fingerprint density at radius 1 is 0.354 bits per heavy atom. The van der Waals surface area contributed by atoms with E-state index >= 15 is 0 Å². The van der Waals surface area contributed by atoms with Gasteiger partial charge in [0.1, 0.15) is 0 Å². The number of hydrogen-bond acceptors (Lipinski definition) is 0. The molecule has 0 atom stereocenters. The van der Waals surface area contributed by atoms with Crippen LogP contribution in [0.3, 0.4) is 0 Å². The number of hydrogen-bond donors (Lipinski definition) is 0. The van der Waals surface area contributed by atoms with Crippen LogP contribution in [-0.2, 0) is 0 Å². The van der Waals surface area contributed by atoms with E-state index in [9.17, 15) is 8.22 Å². The molecule has 2 heteroatoms. The summed E-state index contributed by atoms with van der Waals surface area (Å²) in [5.74, 6) is 0. The Kier molecular flexibility index (Phi) is 5.07. The first-order valence-electron chi connectivity index (χ1n) is 19.8. The zero-order chi connectivity index (χ0) is 38.8. The second kappa shape index (κ2) is 11.8. The molecule has 0 unspecified atom stereocenters. The number of nitrogens with zero attached hydrogens (tertiary/aromatic N) is 2. The van der Waals surface area contributed by atoms with Crippen LogP contribution in [0.1, 0.15) is 11.0 Å². The Bertz CT molecular complexity index is 2780. The van der Waals surface area contributed by atoms with E-state index in [1.807, 2.05) is 121 Å². The maximum atomic E-state index is 9.66. The van der Waals surface area contributed by atoms with Gasteiger partial charge in [0.2, 0.25) is 0 Å². The van der Waals surface area contributed by atoms with Crippen LogP contribution in [0, 0.1) is 0 Å². The predicted octanol–water partition coefficient (Wildman–Crippen LogP) is 12.2. The molecule has 0 aliphatic heterocycles. The second-order valence-electron chi connectivity index (χ2n) is 11.6. The summed E-state index contributed by atoms with van der Waals surface area (Å²) >= 11 is 0. The molecule has 0 aliphatic rings. The molecule has 0 spiro atoms. The van der Waals surface area contributed by atoms with Gasteiger partial charge in [0.15, 0.2) is 0 Å². The van der Waals surface area contributed by atoms with Crippen molar-refractivity contribution < 1.29 is 11.0 Å². The largest absolute Gasteiger partial charge is 0.316 e. The maximum Gasteiger partial charge on any atom is 0.0829 e. The van der Waals surface area contributed by atoms with Crippen LogP contribution in [0.5, 0.6) is 0 Å². The summed E-state index contributed by atoms with van der Waals surface area (Å²) in [7, 11) is 0. The number of rotatable bonds is 6. The first kappa shape index (κ1) is 20.7. The van der Waals surface area contributed by atoms with E-state index in [0.717, 1.165) is 0 Å². The first-order chi connectivity index (χ1) is 27.2. The minimum atomic E-state index is -0.130. The van der Waals surface area contributed by atoms with Gasteiger partial charge in [0.05, 0.1) is 22.0 Å². The monoisotopic (exact) mass is 620 g/mol. The zero-order valence-corrected chi connectivity index (χ0v) is 25.8. The van der Waals surface area contributed by atoms with Crippen LogP contribution in [-0.4, -0.2) is 9.13 Å². The van der Waals surface area contributed by atoms with Gasteiger partial charge in [-0.15, -0.1) is 0 Å². The van der Waals surface area contributed by atoms with E-state index < -0.39 is 0 Å². The predicted molar refractivity (Wildman–Crippen MR) is 202 cm³/mol. The van der Waals surface area contributed by atoms with Crippen molar-refractivity contribution in [1.29, 1.82) is 0 Å². The van der Waals surface area contributed by atoms with Crippen molar-refractivity contribution in [3.8, 4) is 55.9 Å². The van der Waals surface area contributed by atoms with E-state index in [4.69, 9.17) is 2.74 Å². The highest BCUT2D eigenvalue weighted by atomic mass is 15.0. The smallest absolute Gasteiger partial charge is 0.0829 e. The van der Waals surface area contributed by atoms with E-state index in [-0.39, 0.29) is 59.6 Å². The standard InChI is InChI=1S/C46H32N2/c1-5-14-33(15-6-1)37-24-26-45-41(28-37)43(35-18-9-3-10-19-35)31-47(45)39-22-13-23-40(30-39)48-32-44(36-20-11-4-12-21-36)42-29-38(25-27-46(42)48)34-16-7-2-8-17-34/h1-32H/i24D,25D,26D,27D,28D,29D,31D,32D. The van der Waals surface area contributed by atoms with Crippen molar-refractivity contribution in [2.45, 2.75) is 0 Å². The van der Waals surface area contributed by atoms with E-state index in [1.165, 1.54) is 0 Å². The molecular formula is C46H32N2. The first-order valence-corrected chi connectivity index (χ1v) is 15.8. The van der Waals surface area contributed by atoms with E-state index in [2.05, 4.69) is 0 Å². The van der Waals surface area contributed by atoms with Crippen molar-refractivity contribution in [2.24, 2.45) is 0 Å². The number of aromatic nitrogens is 2. The van der Waals surface area contributed by atoms with Crippen LogP contribution in [0.25, 0.3) is 77.7 Å². The average Bonchev–Trinajstić information content (AvgIpc) is 3.72. The lowest BCUT2D eigenvalue weighted by molar-refractivity contribution is 1.09. The Morgan fingerprint density at radius 3 is 1.12 bits per heavy atom. The molecule has 226 valence electrons. The Morgan fingerprint density at radius 2 is 0.729 bits per heavy atom. The SMILES string of the molecule is [2H]c1c(-c2ccccc2)c([2H])c2c(-c3ccccc3)c([2H])n(-c3cccc(-n4c([2H])c(-c5ccccc5)c5c([2H])c(-c6ccccc6)c([2H])c([2H])c54)c3)c2c1[2H]. The third-order valence-electron chi connectivity index (χ3n) is 8.58. The van der Waals surface area contributed by atoms with Crippen LogP contribution < -0.4 is 0 Å². The van der Waals surface area contributed by atoms with Crippen molar-refractivity contribution in [3.05, 3.63) is 194 Å². The third-order valence-corrected chi connectivity index (χ3v) is 8.58. The van der Waals surface area contributed by atoms with E-state index in [0.29, 0.717) is 66.7 Å². The topological polar surface area (TPSA) is 9.86 Å². The van der Waals surface area contributed by atoms with Crippen LogP contribution in [0.15, 0.2) is 194 Å². The minimum absolute atomic E-state index is 0.0268. The lowest BCUT2D eigenvalue weighted by Crippen LogP contribution is -1.96. The van der Waals surface area contributed by atoms with E-state index in [1.54, 1.807) is 33.4 Å². The summed E-state index contributed by atoms with van der Waals surface area (Å²) < 4.78 is 78.6. The number of fused-ring (bicyclic) bond motifs is 2. The lowest BCUT2D eigenvalue weighted by atomic mass is 10.00. The zero-order valence-electron chi connectivity index (χ0n) is 33.8. The van der Waals surface area contributed by atoms with Crippen molar-refractivity contribution in [3.63, 3.8) is 0 Å². The molecule has 7 aromatic carbocycles. The molecule has 2 heterocycles. The summed E-state index contributed by atoms with van der Waals surface area (Å²) in [6, 6.07) is 43.7. The third kappa shape index (κ3) is 4.92. The van der Waals surface area contributed by atoms with Crippen LogP contribution in [0.4, 0.5) is 0 Å². The molecule has 0 aliphatic carbocycles. The minimum Gasteiger partial charge on any atom is -0.316 e. The lowest BCUT2D eigenvalue weighted by Gasteiger charge is -2.11. The summed E-state index contributed by atoms with van der Waals surface area (Å²) in [5.41, 5.74) is 5.59. The Hall–Kier alpha value is -6.38. The second-order valence-corrected chi connectivity index (χ2v) is 11.6. The molecule has 0 bridgehead atoms. The molecule has 0 saturated carbocycles. The van der Waals surface area contributed by atoms with Gasteiger partial charge in [-0.05, 0) is 75.7 Å². The molecule has 9 rings (SSSR count).